The molecule has 7 nitrogen and oxygen atoms in total. The summed E-state index contributed by atoms with van der Waals surface area (Å²) in [6.45, 7) is 8.17. The van der Waals surface area contributed by atoms with E-state index in [1.54, 1.807) is 23.8 Å². The Balaban J connectivity index is 0.00000145. The van der Waals surface area contributed by atoms with Gasteiger partial charge in [0.15, 0.2) is 5.75 Å². The highest BCUT2D eigenvalue weighted by molar-refractivity contribution is 7.27. The molecule has 2 heterocycles. The Morgan fingerprint density at radius 1 is 1.28 bits per heavy atom. The SMILES string of the molecule is CC.CCCCn1c(=O)c(Oc2ccccc2P)cc2cnc(NC(C)O)nc21. The van der Waals surface area contributed by atoms with Gasteiger partial charge in [0, 0.05) is 23.4 Å². The van der Waals surface area contributed by atoms with Gasteiger partial charge in [0.25, 0.3) is 5.56 Å². The van der Waals surface area contributed by atoms with Crippen LogP contribution in [0.15, 0.2) is 41.3 Å². The van der Waals surface area contributed by atoms with Crippen LogP contribution in [0.3, 0.4) is 0 Å². The van der Waals surface area contributed by atoms with Gasteiger partial charge in [-0.2, -0.15) is 4.98 Å². The van der Waals surface area contributed by atoms with E-state index in [9.17, 15) is 9.90 Å². The highest BCUT2D eigenvalue weighted by Gasteiger charge is 2.14. The second kappa shape index (κ2) is 10.9. The number of para-hydroxylation sites is 1. The van der Waals surface area contributed by atoms with Crippen LogP contribution in [0.25, 0.3) is 11.0 Å². The van der Waals surface area contributed by atoms with E-state index in [0.717, 1.165) is 18.1 Å². The first-order valence-electron chi connectivity index (χ1n) is 9.87. The Morgan fingerprint density at radius 2 is 2.00 bits per heavy atom. The van der Waals surface area contributed by atoms with E-state index in [1.807, 2.05) is 38.1 Å². The minimum Gasteiger partial charge on any atom is -0.451 e. The third-order valence-electron chi connectivity index (χ3n) is 4.01. The number of nitrogens with zero attached hydrogens (tertiary/aromatic N) is 3. The summed E-state index contributed by atoms with van der Waals surface area (Å²) in [5.41, 5.74) is 0.268. The van der Waals surface area contributed by atoms with Gasteiger partial charge in [-0.3, -0.25) is 9.36 Å². The molecule has 3 aromatic rings. The molecule has 156 valence electrons. The van der Waals surface area contributed by atoms with Gasteiger partial charge in [-0.15, -0.1) is 9.24 Å². The molecule has 2 N–H and O–H groups in total. The molecule has 0 aliphatic heterocycles. The Kier molecular flexibility index (Phi) is 8.55. The van der Waals surface area contributed by atoms with Gasteiger partial charge < -0.3 is 15.2 Å². The van der Waals surface area contributed by atoms with E-state index in [0.29, 0.717) is 23.3 Å². The third kappa shape index (κ3) is 5.75. The van der Waals surface area contributed by atoms with Crippen LogP contribution < -0.4 is 20.9 Å². The average Bonchev–Trinajstić information content (AvgIpc) is 2.71. The molecule has 0 saturated carbocycles. The molecule has 2 unspecified atom stereocenters. The maximum Gasteiger partial charge on any atom is 0.295 e. The molecule has 0 radical (unpaired) electrons. The molecule has 0 amide bonds. The smallest absolute Gasteiger partial charge is 0.295 e. The Morgan fingerprint density at radius 3 is 2.66 bits per heavy atom. The topological polar surface area (TPSA) is 89.3 Å². The van der Waals surface area contributed by atoms with Gasteiger partial charge in [-0.05, 0) is 25.5 Å². The van der Waals surface area contributed by atoms with Gasteiger partial charge in [-0.25, -0.2) is 4.98 Å². The van der Waals surface area contributed by atoms with Crippen LogP contribution in [0, 0.1) is 0 Å². The minimum absolute atomic E-state index is 0.230. The van der Waals surface area contributed by atoms with E-state index in [4.69, 9.17) is 4.74 Å². The number of unbranched alkanes of at least 4 members (excludes halogenated alkanes) is 1. The van der Waals surface area contributed by atoms with E-state index >= 15 is 0 Å². The van der Waals surface area contributed by atoms with Gasteiger partial charge in [0.2, 0.25) is 5.95 Å². The number of rotatable bonds is 7. The Labute approximate surface area is 173 Å². The normalized spacial score (nSPS) is 11.5. The van der Waals surface area contributed by atoms with Crippen molar-refractivity contribution in [2.45, 2.75) is 53.3 Å². The molecule has 0 fully saturated rings. The standard InChI is InChI=1S/C19H23N4O3P.C2H6/c1-3-4-9-23-17-13(11-20-19(22-17)21-12(2)24)10-15(18(23)25)26-14-7-5-6-8-16(14)27;1-2/h5-8,10-12,24H,3-4,9,27H2,1-2H3,(H,20,21,22);1-2H3. The van der Waals surface area contributed by atoms with Crippen LogP contribution in [-0.2, 0) is 6.54 Å². The first kappa shape index (κ1) is 22.8. The summed E-state index contributed by atoms with van der Waals surface area (Å²) in [5.74, 6) is 1.11. The van der Waals surface area contributed by atoms with Gasteiger partial charge in [0.1, 0.15) is 17.6 Å². The molecule has 2 atom stereocenters. The van der Waals surface area contributed by atoms with Gasteiger partial charge in [0.05, 0.1) is 0 Å². The summed E-state index contributed by atoms with van der Waals surface area (Å²) in [5, 5.41) is 13.8. The molecule has 0 saturated heterocycles. The molecule has 0 bridgehead atoms. The van der Waals surface area contributed by atoms with Gasteiger partial charge >= 0.3 is 0 Å². The summed E-state index contributed by atoms with van der Waals surface area (Å²) >= 11 is 0. The number of benzene rings is 1. The minimum atomic E-state index is -0.792. The fraction of sp³-hybridized carbons (Fsp3) is 0.381. The fourth-order valence-electron chi connectivity index (χ4n) is 2.68. The highest BCUT2D eigenvalue weighted by Crippen LogP contribution is 2.22. The number of aromatic nitrogens is 3. The maximum atomic E-state index is 13.0. The quantitative estimate of drug-likeness (QED) is 0.451. The number of aliphatic hydroxyl groups excluding tert-OH is 1. The highest BCUT2D eigenvalue weighted by atomic mass is 31.0. The molecule has 29 heavy (non-hydrogen) atoms. The van der Waals surface area contributed by atoms with Crippen LogP contribution in [0.4, 0.5) is 5.95 Å². The zero-order chi connectivity index (χ0) is 21.4. The summed E-state index contributed by atoms with van der Waals surface area (Å²) in [6.07, 6.45) is 2.60. The van der Waals surface area contributed by atoms with Crippen LogP contribution in [0.5, 0.6) is 11.5 Å². The zero-order valence-electron chi connectivity index (χ0n) is 17.3. The summed E-state index contributed by atoms with van der Waals surface area (Å²) in [6, 6.07) is 9.13. The zero-order valence-corrected chi connectivity index (χ0v) is 18.5. The number of anilines is 1. The lowest BCUT2D eigenvalue weighted by Crippen LogP contribution is -2.24. The fourth-order valence-corrected chi connectivity index (χ4v) is 2.94. The predicted molar refractivity (Wildman–Crippen MR) is 121 cm³/mol. The molecular weight excluding hydrogens is 387 g/mol. The summed E-state index contributed by atoms with van der Waals surface area (Å²) in [4.78, 5) is 21.7. The van der Waals surface area contributed by atoms with E-state index in [1.165, 1.54) is 0 Å². The predicted octanol–water partition coefficient (Wildman–Crippen LogP) is 3.66. The molecular formula is C21H29N4O3P. The number of pyridine rings is 1. The van der Waals surface area contributed by atoms with Crippen LogP contribution >= 0.6 is 9.24 Å². The van der Waals surface area contributed by atoms with Crippen LogP contribution in [-0.4, -0.2) is 25.9 Å². The Bertz CT molecular complexity index is 1000. The number of nitrogens with one attached hydrogen (secondary N) is 1. The van der Waals surface area contributed by atoms with Crippen molar-refractivity contribution < 1.29 is 9.84 Å². The monoisotopic (exact) mass is 416 g/mol. The van der Waals surface area contributed by atoms with E-state index in [2.05, 4.69) is 31.4 Å². The van der Waals surface area contributed by atoms with Crippen molar-refractivity contribution in [3.8, 4) is 11.5 Å². The van der Waals surface area contributed by atoms with Crippen molar-refractivity contribution in [2.75, 3.05) is 5.32 Å². The number of aliphatic hydroxyl groups is 1. The van der Waals surface area contributed by atoms with Crippen molar-refractivity contribution in [1.29, 1.82) is 0 Å². The van der Waals surface area contributed by atoms with Crippen molar-refractivity contribution in [1.82, 2.24) is 14.5 Å². The number of ether oxygens (including phenoxy) is 1. The Hall–Kier alpha value is -2.50. The number of aryl methyl sites for hydroxylation is 1. The van der Waals surface area contributed by atoms with E-state index in [-0.39, 0.29) is 17.3 Å². The van der Waals surface area contributed by atoms with E-state index < -0.39 is 6.23 Å². The molecule has 2 aromatic heterocycles. The summed E-state index contributed by atoms with van der Waals surface area (Å²) < 4.78 is 7.50. The summed E-state index contributed by atoms with van der Waals surface area (Å²) in [7, 11) is 2.60. The average molecular weight is 416 g/mol. The third-order valence-corrected chi connectivity index (χ3v) is 4.48. The van der Waals surface area contributed by atoms with Crippen molar-refractivity contribution in [3.05, 3.63) is 46.9 Å². The van der Waals surface area contributed by atoms with Crippen molar-refractivity contribution in [3.63, 3.8) is 0 Å². The maximum absolute atomic E-state index is 13.0. The largest absolute Gasteiger partial charge is 0.451 e. The number of fused-ring (bicyclic) bond motifs is 1. The van der Waals surface area contributed by atoms with Crippen LogP contribution in [0.2, 0.25) is 0 Å². The lowest BCUT2D eigenvalue weighted by atomic mass is 10.2. The first-order valence-corrected chi connectivity index (χ1v) is 10.4. The number of hydrogen-bond acceptors (Lipinski definition) is 6. The second-order valence-electron chi connectivity index (χ2n) is 6.25. The van der Waals surface area contributed by atoms with Crippen LogP contribution in [0.1, 0.15) is 40.5 Å². The molecule has 3 rings (SSSR count). The molecule has 8 heteroatoms. The van der Waals surface area contributed by atoms with Crippen molar-refractivity contribution >= 4 is 31.5 Å². The molecule has 0 aliphatic carbocycles. The molecule has 0 spiro atoms. The molecule has 0 aliphatic rings. The van der Waals surface area contributed by atoms with Crippen molar-refractivity contribution in [2.24, 2.45) is 0 Å². The lowest BCUT2D eigenvalue weighted by Gasteiger charge is -2.14. The lowest BCUT2D eigenvalue weighted by molar-refractivity contribution is 0.223. The second-order valence-corrected chi connectivity index (χ2v) is 6.87. The number of hydrogen-bond donors (Lipinski definition) is 2. The molecule has 1 aromatic carbocycles. The first-order chi connectivity index (χ1) is 14.0. The van der Waals surface area contributed by atoms with Gasteiger partial charge in [-0.1, -0.05) is 45.4 Å².